The fraction of sp³-hybridized carbons (Fsp3) is 0.429. The number of amides is 2. The van der Waals surface area contributed by atoms with Gasteiger partial charge in [0.2, 0.25) is 5.91 Å². The van der Waals surface area contributed by atoms with Crippen molar-refractivity contribution in [2.24, 2.45) is 5.84 Å². The Bertz CT molecular complexity index is 302. The van der Waals surface area contributed by atoms with Crippen LogP contribution in [0.15, 0.2) is 11.8 Å². The van der Waals surface area contributed by atoms with Crippen LogP contribution < -0.4 is 11.3 Å². The topological polar surface area (TPSA) is 75.4 Å². The first kappa shape index (κ1) is 8.58. The van der Waals surface area contributed by atoms with Crippen molar-refractivity contribution in [3.05, 3.63) is 11.8 Å². The van der Waals surface area contributed by atoms with Crippen molar-refractivity contribution in [1.29, 1.82) is 0 Å². The van der Waals surface area contributed by atoms with E-state index in [1.807, 2.05) is 5.43 Å². The monoisotopic (exact) mass is 199 g/mol. The van der Waals surface area contributed by atoms with Crippen LogP contribution in [0.3, 0.4) is 0 Å². The Morgan fingerprint density at radius 1 is 1.77 bits per heavy atom. The van der Waals surface area contributed by atoms with Gasteiger partial charge in [0.05, 0.1) is 11.8 Å². The molecule has 5 nitrogen and oxygen atoms in total. The molecule has 0 aliphatic carbocycles. The molecule has 2 heterocycles. The van der Waals surface area contributed by atoms with E-state index in [2.05, 4.69) is 0 Å². The molecule has 0 saturated carbocycles. The van der Waals surface area contributed by atoms with Gasteiger partial charge in [0, 0.05) is 5.75 Å². The summed E-state index contributed by atoms with van der Waals surface area (Å²) in [5.41, 5.74) is 2.42. The zero-order valence-corrected chi connectivity index (χ0v) is 7.63. The van der Waals surface area contributed by atoms with Gasteiger partial charge in [0.15, 0.2) is 0 Å². The number of hydrogen-bond donors (Lipinski definition) is 2. The van der Waals surface area contributed by atoms with Crippen LogP contribution in [0.25, 0.3) is 0 Å². The summed E-state index contributed by atoms with van der Waals surface area (Å²) in [6.07, 6.45) is 2.25. The minimum atomic E-state index is -0.390. The van der Waals surface area contributed by atoms with E-state index < -0.39 is 5.91 Å². The van der Waals surface area contributed by atoms with Crippen molar-refractivity contribution in [3.8, 4) is 0 Å². The van der Waals surface area contributed by atoms with Crippen molar-refractivity contribution >= 4 is 23.6 Å². The fourth-order valence-electron chi connectivity index (χ4n) is 1.42. The maximum Gasteiger partial charge on any atom is 0.281 e. The van der Waals surface area contributed by atoms with Crippen molar-refractivity contribution in [1.82, 2.24) is 10.3 Å². The molecule has 0 bridgehead atoms. The summed E-state index contributed by atoms with van der Waals surface area (Å²) in [6, 6.07) is 0. The number of fused-ring (bicyclic) bond motifs is 1. The Morgan fingerprint density at radius 2 is 2.54 bits per heavy atom. The lowest BCUT2D eigenvalue weighted by Gasteiger charge is -2.42. The molecule has 13 heavy (non-hydrogen) atoms. The Balaban J connectivity index is 2.21. The Labute approximate surface area is 79.3 Å². The highest BCUT2D eigenvalue weighted by atomic mass is 32.2. The van der Waals surface area contributed by atoms with Crippen molar-refractivity contribution < 1.29 is 9.59 Å². The molecule has 0 spiro atoms. The number of rotatable bonds is 1. The first-order valence-corrected chi connectivity index (χ1v) is 4.93. The molecule has 6 heteroatoms. The maximum absolute atomic E-state index is 11.2. The fourth-order valence-corrected chi connectivity index (χ4v) is 2.54. The normalized spacial score (nSPS) is 25.9. The summed E-state index contributed by atoms with van der Waals surface area (Å²) in [5, 5.41) is 0.143. The third kappa shape index (κ3) is 1.22. The third-order valence-electron chi connectivity index (χ3n) is 2.09. The molecule has 0 aromatic heterocycles. The number of nitrogens with two attached hydrogens (primary N) is 1. The van der Waals surface area contributed by atoms with Crippen molar-refractivity contribution in [3.63, 3.8) is 0 Å². The van der Waals surface area contributed by atoms with E-state index in [4.69, 9.17) is 5.84 Å². The molecule has 2 aliphatic rings. The van der Waals surface area contributed by atoms with E-state index in [0.29, 0.717) is 12.1 Å². The molecular formula is C7H9N3O2S. The van der Waals surface area contributed by atoms with Crippen LogP contribution in [0.1, 0.15) is 6.42 Å². The second-order valence-electron chi connectivity index (χ2n) is 2.82. The molecule has 0 aromatic rings. The molecule has 3 N–H and O–H groups in total. The lowest BCUT2D eigenvalue weighted by atomic mass is 10.1. The largest absolute Gasteiger partial charge is 0.294 e. The van der Waals surface area contributed by atoms with Crippen LogP contribution >= 0.6 is 11.8 Å². The van der Waals surface area contributed by atoms with Gasteiger partial charge < -0.3 is 0 Å². The summed E-state index contributed by atoms with van der Waals surface area (Å²) in [5.74, 6) is 5.36. The Morgan fingerprint density at radius 3 is 3.15 bits per heavy atom. The molecule has 2 rings (SSSR count). The Kier molecular flexibility index (Phi) is 2.01. The number of hydrogen-bond acceptors (Lipinski definition) is 4. The second-order valence-corrected chi connectivity index (χ2v) is 4.03. The van der Waals surface area contributed by atoms with Gasteiger partial charge in [0.25, 0.3) is 5.91 Å². The second kappa shape index (κ2) is 3.04. The predicted octanol–water partition coefficient (Wildman–Crippen LogP) is -0.835. The lowest BCUT2D eigenvalue weighted by Crippen LogP contribution is -2.55. The van der Waals surface area contributed by atoms with Crippen LogP contribution in [0.4, 0.5) is 0 Å². The van der Waals surface area contributed by atoms with E-state index in [1.165, 1.54) is 4.90 Å². The molecular weight excluding hydrogens is 190 g/mol. The standard InChI is InChI=1S/C7H9N3O2S/c8-9-7(12)4-1-2-13-6-3-5(11)10(4)6/h1,6H,2-3,8H2,(H,9,12)/t6-/m1/s1. The molecule has 0 radical (unpaired) electrons. The average molecular weight is 199 g/mol. The van der Waals surface area contributed by atoms with Crippen LogP contribution in [0, 0.1) is 0 Å². The number of β-lactam (4-membered cyclic amide) rings is 1. The Hall–Kier alpha value is -1.01. The molecule has 2 aliphatic heterocycles. The minimum Gasteiger partial charge on any atom is -0.294 e. The van der Waals surface area contributed by atoms with E-state index >= 15 is 0 Å². The van der Waals surface area contributed by atoms with Gasteiger partial charge in [0.1, 0.15) is 5.70 Å². The van der Waals surface area contributed by atoms with Gasteiger partial charge in [-0.05, 0) is 6.08 Å². The summed E-state index contributed by atoms with van der Waals surface area (Å²) in [6.45, 7) is 0. The molecule has 70 valence electrons. The van der Waals surface area contributed by atoms with E-state index in [9.17, 15) is 9.59 Å². The summed E-state index contributed by atoms with van der Waals surface area (Å²) in [4.78, 5) is 23.8. The molecule has 1 fully saturated rings. The number of carbonyl (C=O) groups is 2. The zero-order valence-electron chi connectivity index (χ0n) is 6.82. The quantitative estimate of drug-likeness (QED) is 0.250. The van der Waals surface area contributed by atoms with Crippen LogP contribution in [-0.4, -0.2) is 27.8 Å². The summed E-state index contributed by atoms with van der Waals surface area (Å²) >= 11 is 1.66. The van der Waals surface area contributed by atoms with E-state index in [1.54, 1.807) is 17.8 Å². The molecule has 0 aromatic carbocycles. The van der Waals surface area contributed by atoms with Gasteiger partial charge in [-0.2, -0.15) is 0 Å². The number of carbonyl (C=O) groups excluding carboxylic acids is 2. The van der Waals surface area contributed by atoms with Crippen LogP contribution in [0.2, 0.25) is 0 Å². The molecule has 2 amide bonds. The minimum absolute atomic E-state index is 0.00736. The molecule has 1 atom stereocenters. The van der Waals surface area contributed by atoms with E-state index in [-0.39, 0.29) is 11.3 Å². The van der Waals surface area contributed by atoms with Gasteiger partial charge >= 0.3 is 0 Å². The number of thioether (sulfide) groups is 1. The highest BCUT2D eigenvalue weighted by molar-refractivity contribution is 8.00. The number of nitrogens with one attached hydrogen (secondary N) is 1. The van der Waals surface area contributed by atoms with Crippen molar-refractivity contribution in [2.45, 2.75) is 11.8 Å². The average Bonchev–Trinajstić information content (AvgIpc) is 2.14. The zero-order chi connectivity index (χ0) is 9.42. The summed E-state index contributed by atoms with van der Waals surface area (Å²) < 4.78 is 0. The van der Waals surface area contributed by atoms with Gasteiger partial charge in [-0.15, -0.1) is 11.8 Å². The van der Waals surface area contributed by atoms with E-state index in [0.717, 1.165) is 5.75 Å². The van der Waals surface area contributed by atoms with Gasteiger partial charge in [-0.1, -0.05) is 0 Å². The van der Waals surface area contributed by atoms with Gasteiger partial charge in [-0.25, -0.2) is 5.84 Å². The first-order chi connectivity index (χ1) is 6.24. The highest BCUT2D eigenvalue weighted by Crippen LogP contribution is 2.36. The maximum atomic E-state index is 11.2. The van der Waals surface area contributed by atoms with Crippen molar-refractivity contribution in [2.75, 3.05) is 5.75 Å². The number of hydrazine groups is 1. The highest BCUT2D eigenvalue weighted by Gasteiger charge is 2.42. The van der Waals surface area contributed by atoms with Gasteiger partial charge in [-0.3, -0.25) is 19.9 Å². The summed E-state index contributed by atoms with van der Waals surface area (Å²) in [7, 11) is 0. The number of nitrogens with zero attached hydrogens (tertiary/aromatic N) is 1. The third-order valence-corrected chi connectivity index (χ3v) is 3.22. The molecule has 1 saturated heterocycles. The smallest absolute Gasteiger partial charge is 0.281 e. The predicted molar refractivity (Wildman–Crippen MR) is 48.1 cm³/mol. The van der Waals surface area contributed by atoms with Crippen LogP contribution in [0.5, 0.6) is 0 Å². The molecule has 0 unspecified atom stereocenters. The SMILES string of the molecule is NNC(=O)C1=CCS[C@@H]2CC(=O)N12. The van der Waals surface area contributed by atoms with Crippen LogP contribution in [-0.2, 0) is 9.59 Å². The lowest BCUT2D eigenvalue weighted by molar-refractivity contribution is -0.141. The first-order valence-electron chi connectivity index (χ1n) is 3.89.